The molecular weight excluding hydrogens is 280 g/mol. The van der Waals surface area contributed by atoms with Crippen molar-refractivity contribution in [2.24, 2.45) is 0 Å². The van der Waals surface area contributed by atoms with Crippen molar-refractivity contribution in [3.8, 4) is 5.75 Å². The number of benzene rings is 1. The zero-order valence-electron chi connectivity index (χ0n) is 13.5. The molecule has 2 aliphatic rings. The second-order valence-corrected chi connectivity index (χ2v) is 6.23. The number of carbonyl (C=O) groups excluding carboxylic acids is 1. The van der Waals surface area contributed by atoms with Gasteiger partial charge in [0.2, 0.25) is 0 Å². The van der Waals surface area contributed by atoms with E-state index in [1.54, 1.807) is 7.11 Å². The van der Waals surface area contributed by atoms with Crippen LogP contribution in [0, 0.1) is 0 Å². The zero-order valence-corrected chi connectivity index (χ0v) is 13.5. The molecule has 0 saturated carbocycles. The lowest BCUT2D eigenvalue weighted by atomic mass is 10.1. The van der Waals surface area contributed by atoms with E-state index in [2.05, 4.69) is 11.4 Å². The van der Waals surface area contributed by atoms with E-state index in [4.69, 9.17) is 9.47 Å². The molecule has 2 amide bonds. The summed E-state index contributed by atoms with van der Waals surface area (Å²) in [6, 6.07) is 6.13. The predicted molar refractivity (Wildman–Crippen MR) is 84.2 cm³/mol. The van der Waals surface area contributed by atoms with E-state index >= 15 is 0 Å². The molecule has 0 bridgehead atoms. The number of methoxy groups -OCH3 is 1. The van der Waals surface area contributed by atoms with Crippen LogP contribution in [0.15, 0.2) is 18.2 Å². The average molecular weight is 304 g/mol. The van der Waals surface area contributed by atoms with Gasteiger partial charge in [-0.1, -0.05) is 12.1 Å². The Kier molecular flexibility index (Phi) is 4.25. The molecule has 1 aliphatic carbocycles. The van der Waals surface area contributed by atoms with Crippen LogP contribution in [0.2, 0.25) is 0 Å². The second kappa shape index (κ2) is 6.16. The molecule has 120 valence electrons. The maximum atomic E-state index is 12.5. The van der Waals surface area contributed by atoms with E-state index < -0.39 is 0 Å². The Labute approximate surface area is 131 Å². The van der Waals surface area contributed by atoms with Crippen LogP contribution >= 0.6 is 0 Å². The molecule has 3 rings (SSSR count). The number of rotatable bonds is 2. The lowest BCUT2D eigenvalue weighted by Crippen LogP contribution is -2.52. The molecule has 1 aromatic carbocycles. The monoisotopic (exact) mass is 304 g/mol. The maximum absolute atomic E-state index is 12.5. The number of carbonyl (C=O) groups is 1. The summed E-state index contributed by atoms with van der Waals surface area (Å²) in [5.74, 6) is 0.919. The largest absolute Gasteiger partial charge is 0.496 e. The number of ether oxygens (including phenoxy) is 2. The molecule has 3 unspecified atom stereocenters. The Bertz CT molecular complexity index is 551. The quantitative estimate of drug-likeness (QED) is 0.913. The number of hydrogen-bond donors (Lipinski definition) is 1. The SMILES string of the molecule is COc1cccc2c1CCC2NC(=O)N1CC(C)OC(C)C1. The Hall–Kier alpha value is -1.75. The van der Waals surface area contributed by atoms with E-state index in [0.29, 0.717) is 13.1 Å². The predicted octanol–water partition coefficient (Wildman–Crippen LogP) is 2.50. The van der Waals surface area contributed by atoms with E-state index in [9.17, 15) is 4.79 Å². The average Bonchev–Trinajstić information content (AvgIpc) is 2.89. The highest BCUT2D eigenvalue weighted by atomic mass is 16.5. The number of nitrogens with one attached hydrogen (secondary N) is 1. The maximum Gasteiger partial charge on any atom is 0.318 e. The molecule has 1 aromatic rings. The van der Waals surface area contributed by atoms with E-state index in [1.807, 2.05) is 30.9 Å². The summed E-state index contributed by atoms with van der Waals surface area (Å²) in [5, 5.41) is 3.17. The van der Waals surface area contributed by atoms with Crippen LogP contribution < -0.4 is 10.1 Å². The number of hydrogen-bond acceptors (Lipinski definition) is 3. The van der Waals surface area contributed by atoms with Crippen LogP contribution in [-0.2, 0) is 11.2 Å². The number of urea groups is 1. The first-order valence-electron chi connectivity index (χ1n) is 7.95. The smallest absolute Gasteiger partial charge is 0.318 e. The zero-order chi connectivity index (χ0) is 15.7. The van der Waals surface area contributed by atoms with Gasteiger partial charge in [-0.15, -0.1) is 0 Å². The molecule has 3 atom stereocenters. The number of amides is 2. The van der Waals surface area contributed by atoms with Gasteiger partial charge in [0.05, 0.1) is 25.4 Å². The Balaban J connectivity index is 1.69. The molecule has 5 nitrogen and oxygen atoms in total. The third kappa shape index (κ3) is 2.90. The highest BCUT2D eigenvalue weighted by Gasteiger charge is 2.30. The third-order valence-electron chi connectivity index (χ3n) is 4.45. The minimum Gasteiger partial charge on any atom is -0.496 e. The lowest BCUT2D eigenvalue weighted by Gasteiger charge is -2.36. The molecule has 1 fully saturated rings. The molecule has 1 N–H and O–H groups in total. The van der Waals surface area contributed by atoms with Crippen LogP contribution in [0.1, 0.15) is 37.4 Å². The van der Waals surface area contributed by atoms with Gasteiger partial charge in [-0.25, -0.2) is 4.79 Å². The molecule has 0 aromatic heterocycles. The molecule has 22 heavy (non-hydrogen) atoms. The summed E-state index contributed by atoms with van der Waals surface area (Å²) < 4.78 is 11.1. The van der Waals surface area contributed by atoms with Crippen molar-refractivity contribution in [2.45, 2.75) is 44.9 Å². The molecule has 1 aliphatic heterocycles. The molecule has 5 heteroatoms. The van der Waals surface area contributed by atoms with Crippen molar-refractivity contribution < 1.29 is 14.3 Å². The first-order chi connectivity index (χ1) is 10.6. The van der Waals surface area contributed by atoms with Crippen LogP contribution in [0.5, 0.6) is 5.75 Å². The fourth-order valence-electron chi connectivity index (χ4n) is 3.55. The molecule has 0 spiro atoms. The van der Waals surface area contributed by atoms with Gasteiger partial charge in [-0.05, 0) is 43.9 Å². The summed E-state index contributed by atoms with van der Waals surface area (Å²) in [5.41, 5.74) is 2.40. The fourth-order valence-corrected chi connectivity index (χ4v) is 3.55. The second-order valence-electron chi connectivity index (χ2n) is 6.23. The summed E-state index contributed by atoms with van der Waals surface area (Å²) in [6.45, 7) is 5.30. The van der Waals surface area contributed by atoms with E-state index in [1.165, 1.54) is 11.1 Å². The highest BCUT2D eigenvalue weighted by molar-refractivity contribution is 5.75. The van der Waals surface area contributed by atoms with Gasteiger partial charge in [-0.3, -0.25) is 0 Å². The van der Waals surface area contributed by atoms with Gasteiger partial charge < -0.3 is 19.7 Å². The van der Waals surface area contributed by atoms with E-state index in [-0.39, 0.29) is 24.3 Å². The van der Waals surface area contributed by atoms with Crippen LogP contribution in [0.25, 0.3) is 0 Å². The summed E-state index contributed by atoms with van der Waals surface area (Å²) in [7, 11) is 1.69. The molecule has 0 radical (unpaired) electrons. The Morgan fingerprint density at radius 1 is 1.32 bits per heavy atom. The standard InChI is InChI=1S/C17H24N2O3/c1-11-9-19(10-12(2)22-11)17(20)18-15-8-7-14-13(15)5-4-6-16(14)21-3/h4-6,11-12,15H,7-10H2,1-3H3,(H,18,20). The number of fused-ring (bicyclic) bond motifs is 1. The normalized spacial score (nSPS) is 27.4. The minimum absolute atomic E-state index is 0.00247. The van der Waals surface area contributed by atoms with Crippen molar-refractivity contribution in [1.29, 1.82) is 0 Å². The Morgan fingerprint density at radius 3 is 2.73 bits per heavy atom. The fraction of sp³-hybridized carbons (Fsp3) is 0.588. The van der Waals surface area contributed by atoms with Gasteiger partial charge in [0, 0.05) is 13.1 Å². The van der Waals surface area contributed by atoms with Crippen molar-refractivity contribution in [1.82, 2.24) is 10.2 Å². The molecule has 1 saturated heterocycles. The van der Waals surface area contributed by atoms with Crippen molar-refractivity contribution in [2.75, 3.05) is 20.2 Å². The molecule has 1 heterocycles. The van der Waals surface area contributed by atoms with Gasteiger partial charge in [0.25, 0.3) is 0 Å². The van der Waals surface area contributed by atoms with Crippen molar-refractivity contribution >= 4 is 6.03 Å². The van der Waals surface area contributed by atoms with Gasteiger partial charge >= 0.3 is 6.03 Å². The van der Waals surface area contributed by atoms with Crippen LogP contribution in [0.4, 0.5) is 4.79 Å². The lowest BCUT2D eigenvalue weighted by molar-refractivity contribution is -0.0547. The van der Waals surface area contributed by atoms with Crippen molar-refractivity contribution in [3.05, 3.63) is 29.3 Å². The number of nitrogens with zero attached hydrogens (tertiary/aromatic N) is 1. The van der Waals surface area contributed by atoms with Crippen LogP contribution in [0.3, 0.4) is 0 Å². The van der Waals surface area contributed by atoms with Crippen molar-refractivity contribution in [3.63, 3.8) is 0 Å². The minimum atomic E-state index is 0.00247. The highest BCUT2D eigenvalue weighted by Crippen LogP contribution is 2.36. The van der Waals surface area contributed by atoms with Gasteiger partial charge in [-0.2, -0.15) is 0 Å². The van der Waals surface area contributed by atoms with Crippen LogP contribution in [-0.4, -0.2) is 43.3 Å². The summed E-state index contributed by atoms with van der Waals surface area (Å²) in [6.07, 6.45) is 2.05. The molecular formula is C17H24N2O3. The first-order valence-corrected chi connectivity index (χ1v) is 7.95. The summed E-state index contributed by atoms with van der Waals surface area (Å²) >= 11 is 0. The van der Waals surface area contributed by atoms with Gasteiger partial charge in [0.15, 0.2) is 0 Å². The topological polar surface area (TPSA) is 50.8 Å². The summed E-state index contributed by atoms with van der Waals surface area (Å²) in [4.78, 5) is 14.4. The van der Waals surface area contributed by atoms with Gasteiger partial charge in [0.1, 0.15) is 5.75 Å². The number of morpholine rings is 1. The van der Waals surface area contributed by atoms with E-state index in [0.717, 1.165) is 18.6 Å². The first kappa shape index (κ1) is 15.2. The third-order valence-corrected chi connectivity index (χ3v) is 4.45. The Morgan fingerprint density at radius 2 is 2.05 bits per heavy atom.